The average molecular weight is 522 g/mol. The first-order chi connectivity index (χ1) is 13.6. The van der Waals surface area contributed by atoms with Crippen molar-refractivity contribution in [1.29, 1.82) is 0 Å². The van der Waals surface area contributed by atoms with Crippen LogP contribution in [0.1, 0.15) is 65.7 Å². The topological polar surface area (TPSA) is 74.0 Å². The van der Waals surface area contributed by atoms with Gasteiger partial charge >= 0.3 is 0 Å². The third-order valence-corrected chi connectivity index (χ3v) is 6.71. The summed E-state index contributed by atoms with van der Waals surface area (Å²) in [4.78, 5) is 21.1. The summed E-state index contributed by atoms with van der Waals surface area (Å²) in [6.07, 6.45) is 8.02. The summed E-state index contributed by atoms with van der Waals surface area (Å²) >= 11 is 0. The molecule has 2 aliphatic rings. The minimum Gasteiger partial charge on any atom is -0.369 e. The second kappa shape index (κ2) is 14.4. The lowest BCUT2D eigenvalue weighted by atomic mass is 9.87. The van der Waals surface area contributed by atoms with E-state index in [1.54, 1.807) is 0 Å². The molecular formula is C22H44IN5O. The van der Waals surface area contributed by atoms with Crippen LogP contribution in [0.4, 0.5) is 0 Å². The number of nitrogens with zero attached hydrogens (tertiary/aromatic N) is 3. The van der Waals surface area contributed by atoms with E-state index in [0.717, 1.165) is 82.9 Å². The molecule has 2 aliphatic heterocycles. The van der Waals surface area contributed by atoms with Gasteiger partial charge in [-0.05, 0) is 70.5 Å². The Bertz CT molecular complexity index is 490. The van der Waals surface area contributed by atoms with E-state index in [2.05, 4.69) is 35.9 Å². The Morgan fingerprint density at radius 1 is 1.10 bits per heavy atom. The molecule has 0 aromatic heterocycles. The summed E-state index contributed by atoms with van der Waals surface area (Å²) < 4.78 is 0. The van der Waals surface area contributed by atoms with Gasteiger partial charge in [0, 0.05) is 32.1 Å². The number of carbonyl (C=O) groups excluding carboxylic acids is 1. The Morgan fingerprint density at radius 3 is 2.38 bits per heavy atom. The number of nitrogens with one attached hydrogen (secondary N) is 1. The number of hydrogen-bond donors (Lipinski definition) is 2. The van der Waals surface area contributed by atoms with E-state index in [1.165, 1.54) is 25.7 Å². The lowest BCUT2D eigenvalue weighted by Gasteiger charge is -2.30. The van der Waals surface area contributed by atoms with E-state index in [4.69, 9.17) is 10.7 Å². The maximum atomic E-state index is 11.3. The van der Waals surface area contributed by atoms with Crippen LogP contribution in [0.2, 0.25) is 0 Å². The number of amides is 1. The lowest BCUT2D eigenvalue weighted by molar-refractivity contribution is -0.123. The number of nitrogens with two attached hydrogens (primary N) is 1. The zero-order valence-electron chi connectivity index (χ0n) is 18.9. The number of rotatable bonds is 10. The first kappa shape index (κ1) is 26.5. The van der Waals surface area contributed by atoms with Gasteiger partial charge in [0.25, 0.3) is 0 Å². The van der Waals surface area contributed by atoms with Gasteiger partial charge in [-0.25, -0.2) is 0 Å². The molecule has 29 heavy (non-hydrogen) atoms. The van der Waals surface area contributed by atoms with Gasteiger partial charge in [0.2, 0.25) is 5.91 Å². The van der Waals surface area contributed by atoms with Crippen molar-refractivity contribution in [2.24, 2.45) is 28.5 Å². The predicted octanol–water partition coefficient (Wildman–Crippen LogP) is 3.31. The number of unbranched alkanes of at least 4 members (excludes halogenated alkanes) is 1. The van der Waals surface area contributed by atoms with Gasteiger partial charge in [-0.2, -0.15) is 0 Å². The van der Waals surface area contributed by atoms with Gasteiger partial charge in [0.15, 0.2) is 5.96 Å². The van der Waals surface area contributed by atoms with Gasteiger partial charge < -0.3 is 20.9 Å². The predicted molar refractivity (Wildman–Crippen MR) is 133 cm³/mol. The molecule has 2 saturated heterocycles. The molecule has 0 aromatic carbocycles. The van der Waals surface area contributed by atoms with E-state index >= 15 is 0 Å². The first-order valence-corrected chi connectivity index (χ1v) is 11.6. The molecule has 6 nitrogen and oxygen atoms in total. The highest BCUT2D eigenvalue weighted by Gasteiger charge is 2.29. The van der Waals surface area contributed by atoms with Crippen molar-refractivity contribution in [3.05, 3.63) is 0 Å². The standard InChI is InChI=1S/C22H43N5O.HI/c1-4-18(5-2)20-11-16-27(17-20)22(24-6-3)25-12-7-8-13-26-14-9-19(10-15-26)21(23)28;/h18-20H,4-17H2,1-3H3,(H2,23,28)(H,24,25);1H. The molecule has 0 radical (unpaired) electrons. The quantitative estimate of drug-likeness (QED) is 0.200. The smallest absolute Gasteiger partial charge is 0.220 e. The third kappa shape index (κ3) is 8.59. The van der Waals surface area contributed by atoms with Crippen molar-refractivity contribution in [3.63, 3.8) is 0 Å². The van der Waals surface area contributed by atoms with Crippen molar-refractivity contribution in [1.82, 2.24) is 15.1 Å². The average Bonchev–Trinajstić information content (AvgIpc) is 3.18. The van der Waals surface area contributed by atoms with Crippen LogP contribution in [-0.2, 0) is 4.79 Å². The van der Waals surface area contributed by atoms with Crippen LogP contribution in [0.5, 0.6) is 0 Å². The largest absolute Gasteiger partial charge is 0.369 e. The molecule has 0 spiro atoms. The van der Waals surface area contributed by atoms with Crippen LogP contribution in [0, 0.1) is 17.8 Å². The summed E-state index contributed by atoms with van der Waals surface area (Å²) in [6, 6.07) is 0. The molecule has 1 atom stereocenters. The number of guanidine groups is 1. The van der Waals surface area contributed by atoms with E-state index in [0.29, 0.717) is 0 Å². The third-order valence-electron chi connectivity index (χ3n) is 6.71. The van der Waals surface area contributed by atoms with Crippen LogP contribution < -0.4 is 11.1 Å². The summed E-state index contributed by atoms with van der Waals surface area (Å²) in [6.45, 7) is 14.0. The molecule has 0 bridgehead atoms. The minimum absolute atomic E-state index is 0. The van der Waals surface area contributed by atoms with Crippen molar-refractivity contribution >= 4 is 35.8 Å². The minimum atomic E-state index is -0.127. The van der Waals surface area contributed by atoms with E-state index < -0.39 is 0 Å². The van der Waals surface area contributed by atoms with Crippen molar-refractivity contribution < 1.29 is 4.79 Å². The number of halogens is 1. The number of piperidine rings is 1. The normalized spacial score (nSPS) is 21.4. The number of aliphatic imine (C=N–C) groups is 1. The molecule has 2 heterocycles. The second-order valence-corrected chi connectivity index (χ2v) is 8.53. The Kier molecular flexibility index (Phi) is 13.2. The highest BCUT2D eigenvalue weighted by molar-refractivity contribution is 14.0. The molecule has 2 rings (SSSR count). The van der Waals surface area contributed by atoms with Crippen molar-refractivity contribution in [3.8, 4) is 0 Å². The van der Waals surface area contributed by atoms with Gasteiger partial charge in [-0.1, -0.05) is 26.7 Å². The fourth-order valence-corrected chi connectivity index (χ4v) is 4.82. The van der Waals surface area contributed by atoms with Crippen molar-refractivity contribution in [2.75, 3.05) is 45.8 Å². The van der Waals surface area contributed by atoms with Crippen LogP contribution in [0.25, 0.3) is 0 Å². The molecule has 0 saturated carbocycles. The molecule has 1 unspecified atom stereocenters. The van der Waals surface area contributed by atoms with E-state index in [9.17, 15) is 4.79 Å². The Labute approximate surface area is 195 Å². The number of carbonyl (C=O) groups is 1. The summed E-state index contributed by atoms with van der Waals surface area (Å²) in [5.74, 6) is 2.75. The molecule has 170 valence electrons. The maximum Gasteiger partial charge on any atom is 0.220 e. The lowest BCUT2D eigenvalue weighted by Crippen LogP contribution is -2.40. The maximum absolute atomic E-state index is 11.3. The highest BCUT2D eigenvalue weighted by Crippen LogP contribution is 2.28. The Morgan fingerprint density at radius 2 is 1.79 bits per heavy atom. The Hall–Kier alpha value is -0.570. The van der Waals surface area contributed by atoms with Gasteiger partial charge in [-0.3, -0.25) is 9.79 Å². The van der Waals surface area contributed by atoms with Crippen LogP contribution >= 0.6 is 24.0 Å². The summed E-state index contributed by atoms with van der Waals surface area (Å²) in [5, 5.41) is 3.50. The van der Waals surface area contributed by atoms with Gasteiger partial charge in [0.05, 0.1) is 0 Å². The summed E-state index contributed by atoms with van der Waals surface area (Å²) in [7, 11) is 0. The van der Waals surface area contributed by atoms with Crippen LogP contribution in [0.15, 0.2) is 4.99 Å². The number of likely N-dealkylation sites (tertiary alicyclic amines) is 2. The zero-order chi connectivity index (χ0) is 20.4. The highest BCUT2D eigenvalue weighted by atomic mass is 127. The Balaban J connectivity index is 0.00000420. The molecule has 1 amide bonds. The van der Waals surface area contributed by atoms with Crippen LogP contribution in [0.3, 0.4) is 0 Å². The molecule has 7 heteroatoms. The molecule has 0 aromatic rings. The second-order valence-electron chi connectivity index (χ2n) is 8.53. The molecule has 0 aliphatic carbocycles. The van der Waals surface area contributed by atoms with Gasteiger partial charge in [-0.15, -0.1) is 24.0 Å². The number of primary amides is 1. The zero-order valence-corrected chi connectivity index (χ0v) is 21.2. The molecule has 3 N–H and O–H groups in total. The van der Waals surface area contributed by atoms with Crippen molar-refractivity contribution in [2.45, 2.75) is 65.7 Å². The first-order valence-electron chi connectivity index (χ1n) is 11.6. The number of hydrogen-bond acceptors (Lipinski definition) is 3. The summed E-state index contributed by atoms with van der Waals surface area (Å²) in [5.41, 5.74) is 5.42. The fraction of sp³-hybridized carbons (Fsp3) is 0.909. The van der Waals surface area contributed by atoms with Crippen LogP contribution in [-0.4, -0.2) is 67.5 Å². The fourth-order valence-electron chi connectivity index (χ4n) is 4.82. The monoisotopic (exact) mass is 521 g/mol. The van der Waals surface area contributed by atoms with Gasteiger partial charge in [0.1, 0.15) is 0 Å². The van der Waals surface area contributed by atoms with E-state index in [-0.39, 0.29) is 35.8 Å². The molecular weight excluding hydrogens is 477 g/mol. The molecule has 2 fully saturated rings. The SMILES string of the molecule is CCNC(=NCCCCN1CCC(C(N)=O)CC1)N1CCC(C(CC)CC)C1.I. The van der Waals surface area contributed by atoms with E-state index in [1.807, 2.05) is 0 Å².